The van der Waals surface area contributed by atoms with Gasteiger partial charge in [0.15, 0.2) is 0 Å². The average Bonchev–Trinajstić information content (AvgIpc) is 3.47. The van der Waals surface area contributed by atoms with Crippen LogP contribution in [-0.4, -0.2) is 48.1 Å². The second kappa shape index (κ2) is 11.6. The molecule has 0 aromatic carbocycles. The molecule has 0 spiro atoms. The van der Waals surface area contributed by atoms with Gasteiger partial charge in [0, 0.05) is 43.9 Å². The van der Waals surface area contributed by atoms with Gasteiger partial charge in [-0.2, -0.15) is 18.3 Å². The van der Waals surface area contributed by atoms with E-state index in [1.165, 1.54) is 6.20 Å². The van der Waals surface area contributed by atoms with Crippen LogP contribution in [0.2, 0.25) is 0 Å². The maximum absolute atomic E-state index is 14.0. The number of carbonyl (C=O) groups excluding carboxylic acids is 2. The molecular formula is C28H34F5N7O2. The van der Waals surface area contributed by atoms with Crippen molar-refractivity contribution in [1.82, 2.24) is 34.8 Å². The summed E-state index contributed by atoms with van der Waals surface area (Å²) in [6.07, 6.45) is 0.0402. The molecule has 0 aliphatic heterocycles. The minimum atomic E-state index is -4.43. The van der Waals surface area contributed by atoms with Gasteiger partial charge in [-0.25, -0.2) is 18.7 Å². The van der Waals surface area contributed by atoms with Crippen LogP contribution in [0.15, 0.2) is 30.7 Å². The van der Waals surface area contributed by atoms with Crippen molar-refractivity contribution in [2.24, 2.45) is 11.8 Å². The Kier molecular flexibility index (Phi) is 8.26. The molecule has 2 saturated carbocycles. The standard InChI is InChI=1S/C28H34F5N7O2/c1-16(2)40-21(8-13-34-40)25(42)38-24(18-5-10-27(29,30)11-6-18)20-15-39-14-9-19(35-26(39)36-20)23(17-3-4-17)37-22(41)7-12-28(31,32)33/h8-9,13-18,23-24H,3-7,10-12H2,1-2H3,(H,37,41)(H,38,42)/t23-,24+/m1/s1. The Balaban J connectivity index is 1.40. The van der Waals surface area contributed by atoms with E-state index in [1.54, 1.807) is 33.6 Å². The van der Waals surface area contributed by atoms with E-state index in [0.29, 0.717) is 17.1 Å². The van der Waals surface area contributed by atoms with Crippen molar-refractivity contribution in [3.05, 3.63) is 47.8 Å². The molecule has 3 aromatic heterocycles. The number of amides is 2. The molecule has 3 heterocycles. The maximum atomic E-state index is 14.0. The van der Waals surface area contributed by atoms with E-state index in [0.717, 1.165) is 12.8 Å². The van der Waals surface area contributed by atoms with Gasteiger partial charge in [0.1, 0.15) is 5.69 Å². The second-order valence-corrected chi connectivity index (χ2v) is 11.6. The Hall–Kier alpha value is -3.58. The Morgan fingerprint density at radius 2 is 1.64 bits per heavy atom. The first-order valence-corrected chi connectivity index (χ1v) is 14.2. The van der Waals surface area contributed by atoms with E-state index in [2.05, 4.69) is 25.7 Å². The number of aromatic nitrogens is 5. The molecule has 9 nitrogen and oxygen atoms in total. The first-order valence-electron chi connectivity index (χ1n) is 14.2. The molecule has 3 aromatic rings. The normalized spacial score (nSPS) is 19.1. The molecule has 0 bridgehead atoms. The maximum Gasteiger partial charge on any atom is 0.389 e. The van der Waals surface area contributed by atoms with Gasteiger partial charge in [-0.1, -0.05) is 0 Å². The highest BCUT2D eigenvalue weighted by molar-refractivity contribution is 5.92. The fraction of sp³-hybridized carbons (Fsp3) is 0.607. The van der Waals surface area contributed by atoms with Crippen LogP contribution in [0.1, 0.15) is 105 Å². The van der Waals surface area contributed by atoms with Gasteiger partial charge >= 0.3 is 6.18 Å². The van der Waals surface area contributed by atoms with Crippen molar-refractivity contribution in [3.63, 3.8) is 0 Å². The molecule has 2 aliphatic carbocycles. The molecule has 0 saturated heterocycles. The minimum absolute atomic E-state index is 0.0611. The van der Waals surface area contributed by atoms with Crippen LogP contribution in [0.3, 0.4) is 0 Å². The third kappa shape index (κ3) is 7.06. The first kappa shape index (κ1) is 29.9. The molecule has 42 heavy (non-hydrogen) atoms. The van der Waals surface area contributed by atoms with Crippen LogP contribution < -0.4 is 10.6 Å². The third-order valence-electron chi connectivity index (χ3n) is 7.96. The van der Waals surface area contributed by atoms with E-state index in [4.69, 9.17) is 0 Å². The topological polar surface area (TPSA) is 106 Å². The van der Waals surface area contributed by atoms with Crippen LogP contribution in [-0.2, 0) is 4.79 Å². The summed E-state index contributed by atoms with van der Waals surface area (Å²) >= 11 is 0. The van der Waals surface area contributed by atoms with Crippen molar-refractivity contribution in [1.29, 1.82) is 0 Å². The van der Waals surface area contributed by atoms with E-state index >= 15 is 0 Å². The van der Waals surface area contributed by atoms with Crippen LogP contribution in [0.5, 0.6) is 0 Å². The quantitative estimate of drug-likeness (QED) is 0.292. The fourth-order valence-corrected chi connectivity index (χ4v) is 5.54. The Bertz CT molecular complexity index is 1420. The molecule has 228 valence electrons. The Labute approximate surface area is 239 Å². The zero-order chi connectivity index (χ0) is 30.2. The SMILES string of the molecule is CC(C)n1nccc1C(=O)N[C@H](c1cn2ccc([C@H](NC(=O)CCC(F)(F)F)C3CC3)nc2n1)C1CCC(F)(F)CC1. The van der Waals surface area contributed by atoms with Gasteiger partial charge in [-0.15, -0.1) is 0 Å². The van der Waals surface area contributed by atoms with Crippen molar-refractivity contribution >= 4 is 17.6 Å². The van der Waals surface area contributed by atoms with Gasteiger partial charge < -0.3 is 10.6 Å². The number of halogens is 5. The number of nitrogens with zero attached hydrogens (tertiary/aromatic N) is 5. The highest BCUT2D eigenvalue weighted by Gasteiger charge is 2.40. The Morgan fingerprint density at radius 3 is 2.29 bits per heavy atom. The van der Waals surface area contributed by atoms with Crippen molar-refractivity contribution < 1.29 is 31.5 Å². The van der Waals surface area contributed by atoms with E-state index < -0.39 is 48.8 Å². The molecule has 2 fully saturated rings. The highest BCUT2D eigenvalue weighted by atomic mass is 19.4. The van der Waals surface area contributed by atoms with Crippen molar-refractivity contribution in [3.8, 4) is 0 Å². The summed E-state index contributed by atoms with van der Waals surface area (Å²) in [5, 5.41) is 9.93. The zero-order valence-electron chi connectivity index (χ0n) is 23.4. The van der Waals surface area contributed by atoms with Crippen LogP contribution in [0.4, 0.5) is 22.0 Å². The fourth-order valence-electron chi connectivity index (χ4n) is 5.54. The van der Waals surface area contributed by atoms with Gasteiger partial charge in [-0.05, 0) is 63.5 Å². The third-order valence-corrected chi connectivity index (χ3v) is 7.96. The van der Waals surface area contributed by atoms with E-state index in [-0.39, 0.29) is 49.3 Å². The molecule has 2 atom stereocenters. The van der Waals surface area contributed by atoms with Crippen LogP contribution in [0, 0.1) is 11.8 Å². The lowest BCUT2D eigenvalue weighted by Gasteiger charge is -2.33. The predicted octanol–water partition coefficient (Wildman–Crippen LogP) is 5.71. The highest BCUT2D eigenvalue weighted by Crippen LogP contribution is 2.42. The molecule has 0 radical (unpaired) electrons. The smallest absolute Gasteiger partial charge is 0.347 e. The molecule has 2 amide bonds. The number of rotatable bonds is 10. The number of hydrogen-bond donors (Lipinski definition) is 2. The first-order chi connectivity index (χ1) is 19.8. The lowest BCUT2D eigenvalue weighted by atomic mass is 9.81. The number of nitrogens with one attached hydrogen (secondary N) is 2. The largest absolute Gasteiger partial charge is 0.389 e. The summed E-state index contributed by atoms with van der Waals surface area (Å²) in [6.45, 7) is 3.78. The number of fused-ring (bicyclic) bond motifs is 1. The van der Waals surface area contributed by atoms with Crippen molar-refractivity contribution in [2.75, 3.05) is 0 Å². The molecular weight excluding hydrogens is 561 g/mol. The predicted molar refractivity (Wildman–Crippen MR) is 142 cm³/mol. The summed E-state index contributed by atoms with van der Waals surface area (Å²) < 4.78 is 69.1. The van der Waals surface area contributed by atoms with E-state index in [9.17, 15) is 31.5 Å². The second-order valence-electron chi connectivity index (χ2n) is 11.6. The lowest BCUT2D eigenvalue weighted by molar-refractivity contribution is -0.144. The van der Waals surface area contributed by atoms with Gasteiger partial charge in [0.25, 0.3) is 5.91 Å². The molecule has 2 aliphatic rings. The lowest BCUT2D eigenvalue weighted by Crippen LogP contribution is -2.38. The van der Waals surface area contributed by atoms with Gasteiger partial charge in [0.2, 0.25) is 17.6 Å². The summed E-state index contributed by atoms with van der Waals surface area (Å²) in [5.41, 5.74) is 1.27. The molecule has 14 heteroatoms. The van der Waals surface area contributed by atoms with E-state index in [1.807, 2.05) is 13.8 Å². The van der Waals surface area contributed by atoms with Gasteiger partial charge in [0.05, 0.1) is 29.9 Å². The number of carbonyl (C=O) groups is 2. The summed E-state index contributed by atoms with van der Waals surface area (Å²) in [5.74, 6) is -3.81. The minimum Gasteiger partial charge on any atom is -0.347 e. The molecule has 2 N–H and O–H groups in total. The summed E-state index contributed by atoms with van der Waals surface area (Å²) in [7, 11) is 0. The summed E-state index contributed by atoms with van der Waals surface area (Å²) in [4.78, 5) is 34.9. The number of imidazole rings is 1. The van der Waals surface area contributed by atoms with Gasteiger partial charge in [-0.3, -0.25) is 18.7 Å². The molecule has 5 rings (SSSR count). The number of hydrogen-bond acceptors (Lipinski definition) is 5. The van der Waals surface area contributed by atoms with Crippen LogP contribution >= 0.6 is 0 Å². The van der Waals surface area contributed by atoms with Crippen molar-refractivity contribution in [2.45, 2.75) is 95.4 Å². The Morgan fingerprint density at radius 1 is 1.00 bits per heavy atom. The zero-order valence-corrected chi connectivity index (χ0v) is 23.4. The molecule has 0 unspecified atom stereocenters. The van der Waals surface area contributed by atoms with Crippen LogP contribution in [0.25, 0.3) is 5.78 Å². The average molecular weight is 596 g/mol. The number of alkyl halides is 5. The monoisotopic (exact) mass is 595 g/mol. The summed E-state index contributed by atoms with van der Waals surface area (Å²) in [6, 6.07) is 1.99.